The van der Waals surface area contributed by atoms with Gasteiger partial charge in [0.05, 0.1) is 12.2 Å². The van der Waals surface area contributed by atoms with E-state index in [-0.39, 0.29) is 11.3 Å². The van der Waals surface area contributed by atoms with Gasteiger partial charge >= 0.3 is 0 Å². The summed E-state index contributed by atoms with van der Waals surface area (Å²) in [4.78, 5) is 13.4. The lowest BCUT2D eigenvalue weighted by Crippen LogP contribution is -2.19. The molecule has 0 aliphatic rings. The Morgan fingerprint density at radius 3 is 2.68 bits per heavy atom. The number of ether oxygens (including phenoxy) is 1. The molecule has 0 N–H and O–H groups in total. The molecule has 0 spiro atoms. The van der Waals surface area contributed by atoms with Gasteiger partial charge in [0.1, 0.15) is 11.6 Å². The van der Waals surface area contributed by atoms with E-state index in [0.717, 1.165) is 38.8 Å². The second kappa shape index (κ2) is 10.1. The van der Waals surface area contributed by atoms with E-state index >= 15 is 0 Å². The van der Waals surface area contributed by atoms with Gasteiger partial charge in [0.2, 0.25) is 0 Å². The predicted molar refractivity (Wildman–Crippen MR) is 88.1 cm³/mol. The summed E-state index contributed by atoms with van der Waals surface area (Å²) in [5.74, 6) is -0.311. The monoisotopic (exact) mass is 307 g/mol. The molecule has 0 unspecified atom stereocenters. The van der Waals surface area contributed by atoms with E-state index in [1.54, 1.807) is 6.07 Å². The number of Topliss-reactive ketones (excluding diaryl/α,β-unsaturated/α-hetero) is 1. The molecular weight excluding hydrogens is 281 g/mol. The van der Waals surface area contributed by atoms with Gasteiger partial charge in [-0.15, -0.1) is 6.58 Å². The molecule has 22 heavy (non-hydrogen) atoms. The molecule has 0 saturated carbocycles. The molecule has 0 aliphatic heterocycles. The van der Waals surface area contributed by atoms with Crippen LogP contribution < -0.4 is 4.74 Å². The molecule has 0 amide bonds. The van der Waals surface area contributed by atoms with Crippen molar-refractivity contribution in [3.8, 4) is 5.75 Å². The van der Waals surface area contributed by atoms with Crippen molar-refractivity contribution < 1.29 is 13.9 Å². The Balaban J connectivity index is 2.16. The minimum Gasteiger partial charge on any atom is -0.493 e. The van der Waals surface area contributed by atoms with Gasteiger partial charge in [0.25, 0.3) is 0 Å². The first kappa shape index (κ1) is 18.4. The molecule has 0 atom stereocenters. The minimum atomic E-state index is -0.518. The van der Waals surface area contributed by atoms with E-state index in [0.29, 0.717) is 12.4 Å². The third-order valence-corrected chi connectivity index (χ3v) is 3.46. The van der Waals surface area contributed by atoms with E-state index in [9.17, 15) is 9.18 Å². The Morgan fingerprint density at radius 1 is 1.32 bits per heavy atom. The van der Waals surface area contributed by atoms with Gasteiger partial charge in [0, 0.05) is 12.6 Å². The van der Waals surface area contributed by atoms with Gasteiger partial charge in [-0.2, -0.15) is 0 Å². The number of ketones is 1. The zero-order valence-electron chi connectivity index (χ0n) is 13.6. The summed E-state index contributed by atoms with van der Waals surface area (Å²) in [5, 5.41) is 0. The number of hydrogen-bond acceptors (Lipinski definition) is 3. The van der Waals surface area contributed by atoms with Crippen molar-refractivity contribution in [2.24, 2.45) is 0 Å². The number of halogens is 1. The fourth-order valence-corrected chi connectivity index (χ4v) is 2.21. The summed E-state index contributed by atoms with van der Waals surface area (Å²) in [6.45, 7) is 7.63. The number of carbonyl (C=O) groups excluding carboxylic acids is 1. The highest BCUT2D eigenvalue weighted by atomic mass is 19.1. The van der Waals surface area contributed by atoms with Crippen LogP contribution in [0.4, 0.5) is 4.39 Å². The quantitative estimate of drug-likeness (QED) is 0.350. The summed E-state index contributed by atoms with van der Waals surface area (Å²) in [6.07, 6.45) is 6.26. The summed E-state index contributed by atoms with van der Waals surface area (Å²) >= 11 is 0. The van der Waals surface area contributed by atoms with Gasteiger partial charge in [-0.25, -0.2) is 4.39 Å². The van der Waals surface area contributed by atoms with Crippen LogP contribution in [-0.4, -0.2) is 37.4 Å². The number of nitrogens with zero attached hydrogens (tertiary/aromatic N) is 1. The molecule has 1 aromatic carbocycles. The van der Waals surface area contributed by atoms with E-state index < -0.39 is 5.82 Å². The Hall–Kier alpha value is -1.68. The van der Waals surface area contributed by atoms with Crippen LogP contribution in [0.15, 0.2) is 30.9 Å². The molecule has 1 aromatic rings. The minimum absolute atomic E-state index is 0.107. The highest BCUT2D eigenvalue weighted by molar-refractivity contribution is 5.94. The number of unbranched alkanes of at least 4 members (excludes halogenated alkanes) is 3. The molecular formula is C18H26FNO2. The average Bonchev–Trinajstić information content (AvgIpc) is 2.46. The van der Waals surface area contributed by atoms with Crippen LogP contribution in [0, 0.1) is 5.82 Å². The molecule has 0 aliphatic carbocycles. The molecule has 3 nitrogen and oxygen atoms in total. The van der Waals surface area contributed by atoms with Crippen molar-refractivity contribution in [1.29, 1.82) is 0 Å². The zero-order valence-corrected chi connectivity index (χ0v) is 13.6. The highest BCUT2D eigenvalue weighted by Gasteiger charge is 2.08. The van der Waals surface area contributed by atoms with E-state index in [1.165, 1.54) is 19.1 Å². The fourth-order valence-electron chi connectivity index (χ4n) is 2.21. The van der Waals surface area contributed by atoms with Crippen LogP contribution in [0.1, 0.15) is 43.0 Å². The summed E-state index contributed by atoms with van der Waals surface area (Å²) in [5.41, 5.74) is 0.107. The molecule has 0 bridgehead atoms. The van der Waals surface area contributed by atoms with Crippen LogP contribution in [0.5, 0.6) is 5.75 Å². The van der Waals surface area contributed by atoms with Crippen molar-refractivity contribution in [1.82, 2.24) is 4.90 Å². The van der Waals surface area contributed by atoms with E-state index in [1.807, 2.05) is 6.08 Å². The van der Waals surface area contributed by atoms with Gasteiger partial charge in [-0.3, -0.25) is 4.79 Å². The van der Waals surface area contributed by atoms with Gasteiger partial charge in [-0.1, -0.05) is 18.9 Å². The topological polar surface area (TPSA) is 29.5 Å². The smallest absolute Gasteiger partial charge is 0.162 e. The number of likely N-dealkylation sites (N-methyl/N-ethyl adjacent to an activating group) is 1. The van der Waals surface area contributed by atoms with Crippen LogP contribution in [0.25, 0.3) is 0 Å². The Labute approximate surface area is 132 Å². The fraction of sp³-hybridized carbons (Fsp3) is 0.500. The van der Waals surface area contributed by atoms with Gasteiger partial charge in [-0.05, 0) is 45.5 Å². The zero-order chi connectivity index (χ0) is 16.4. The lowest BCUT2D eigenvalue weighted by Gasteiger charge is -2.13. The molecule has 122 valence electrons. The maximum atomic E-state index is 13.6. The second-order valence-corrected chi connectivity index (χ2v) is 5.51. The first-order valence-electron chi connectivity index (χ1n) is 7.77. The van der Waals surface area contributed by atoms with Crippen LogP contribution >= 0.6 is 0 Å². The Kier molecular flexibility index (Phi) is 8.44. The first-order chi connectivity index (χ1) is 10.5. The lowest BCUT2D eigenvalue weighted by molar-refractivity contribution is 0.101. The second-order valence-electron chi connectivity index (χ2n) is 5.51. The van der Waals surface area contributed by atoms with Gasteiger partial charge < -0.3 is 9.64 Å². The Bertz CT molecular complexity index is 488. The van der Waals surface area contributed by atoms with E-state index in [4.69, 9.17) is 4.74 Å². The molecule has 0 fully saturated rings. The third-order valence-electron chi connectivity index (χ3n) is 3.46. The number of benzene rings is 1. The van der Waals surface area contributed by atoms with Gasteiger partial charge in [0.15, 0.2) is 5.78 Å². The highest BCUT2D eigenvalue weighted by Crippen LogP contribution is 2.17. The standard InChI is InChI=1S/C18H26FNO2/c1-4-11-20(3)12-7-5-6-8-13-22-16-9-10-17(15(2)21)18(19)14-16/h4,9-10,14H,1,5-8,11-13H2,2-3H3. The molecule has 0 aromatic heterocycles. The maximum Gasteiger partial charge on any atom is 0.162 e. The maximum absolute atomic E-state index is 13.6. The molecule has 1 rings (SSSR count). The van der Waals surface area contributed by atoms with Crippen molar-refractivity contribution in [2.75, 3.05) is 26.7 Å². The number of rotatable bonds is 11. The number of carbonyl (C=O) groups is 1. The third kappa shape index (κ3) is 6.85. The molecule has 4 heteroatoms. The predicted octanol–water partition coefficient (Wildman–Crippen LogP) is 4.09. The Morgan fingerprint density at radius 2 is 2.05 bits per heavy atom. The summed E-state index contributed by atoms with van der Waals surface area (Å²) in [6, 6.07) is 4.40. The van der Waals surface area contributed by atoms with Crippen molar-refractivity contribution >= 4 is 5.78 Å². The van der Waals surface area contributed by atoms with Crippen molar-refractivity contribution in [2.45, 2.75) is 32.6 Å². The number of hydrogen-bond donors (Lipinski definition) is 0. The lowest BCUT2D eigenvalue weighted by atomic mass is 10.1. The van der Waals surface area contributed by atoms with E-state index in [2.05, 4.69) is 18.5 Å². The molecule has 0 saturated heterocycles. The average molecular weight is 307 g/mol. The van der Waals surface area contributed by atoms with Crippen molar-refractivity contribution in [3.63, 3.8) is 0 Å². The molecule has 0 radical (unpaired) electrons. The molecule has 0 heterocycles. The van der Waals surface area contributed by atoms with Crippen LogP contribution in [-0.2, 0) is 0 Å². The SMILES string of the molecule is C=CCN(C)CCCCCCOc1ccc(C(C)=O)c(F)c1. The van der Waals surface area contributed by atoms with Crippen LogP contribution in [0.2, 0.25) is 0 Å². The van der Waals surface area contributed by atoms with Crippen molar-refractivity contribution in [3.05, 3.63) is 42.2 Å². The normalized spacial score (nSPS) is 10.7. The first-order valence-corrected chi connectivity index (χ1v) is 7.77. The summed E-state index contributed by atoms with van der Waals surface area (Å²) < 4.78 is 19.1. The largest absolute Gasteiger partial charge is 0.493 e. The summed E-state index contributed by atoms with van der Waals surface area (Å²) in [7, 11) is 2.09. The van der Waals surface area contributed by atoms with Crippen LogP contribution in [0.3, 0.4) is 0 Å².